The van der Waals surface area contributed by atoms with Crippen LogP contribution < -0.4 is 14.9 Å². The molecule has 10 nitrogen and oxygen atoms in total. The van der Waals surface area contributed by atoms with Crippen molar-refractivity contribution in [2.75, 3.05) is 23.3 Å². The van der Waals surface area contributed by atoms with Gasteiger partial charge in [0.05, 0.1) is 4.90 Å². The van der Waals surface area contributed by atoms with Crippen LogP contribution in [0, 0.1) is 5.92 Å². The standard InChI is InChI=1S/C19H25N7O3S/c1-12(2)15(20-16-13-8-4-5-9-14(13)30(28,29)25-16)17(27)21-18-22-19(24-23-18)26-10-6-3-7-11-26/h4-5,8-9,12,15H,3,6-7,10-11H2,1-2H3,(H,20,25)(H2,21,22,23,24,27)/t15-/m0/s1. The molecule has 160 valence electrons. The quantitative estimate of drug-likeness (QED) is 0.657. The minimum absolute atomic E-state index is 0.160. The molecule has 0 saturated carbocycles. The average Bonchev–Trinajstić information content (AvgIpc) is 3.29. The topological polar surface area (TPSA) is 132 Å². The van der Waals surface area contributed by atoms with Gasteiger partial charge in [-0.2, -0.15) is 4.98 Å². The van der Waals surface area contributed by atoms with Crippen LogP contribution in [0.1, 0.15) is 38.7 Å². The SMILES string of the molecule is CC(C)[C@H](N=C1NS(=O)(=O)c2ccccc21)C(=O)Nc1nc(N2CCCCC2)n[nH]1. The summed E-state index contributed by atoms with van der Waals surface area (Å²) in [5.74, 6) is 0.432. The molecule has 0 bridgehead atoms. The third-order valence-corrected chi connectivity index (χ3v) is 6.58. The Morgan fingerprint density at radius 3 is 2.67 bits per heavy atom. The van der Waals surface area contributed by atoms with E-state index in [0.717, 1.165) is 25.9 Å². The number of anilines is 2. The lowest BCUT2D eigenvalue weighted by Gasteiger charge is -2.24. The zero-order chi connectivity index (χ0) is 21.3. The number of rotatable bonds is 5. The fourth-order valence-corrected chi connectivity index (χ4v) is 4.85. The maximum absolute atomic E-state index is 12.9. The number of aromatic nitrogens is 3. The van der Waals surface area contributed by atoms with Gasteiger partial charge in [-0.25, -0.2) is 13.5 Å². The van der Waals surface area contributed by atoms with Crippen molar-refractivity contribution in [2.24, 2.45) is 10.9 Å². The second kappa shape index (κ2) is 8.05. The molecule has 2 aromatic rings. The van der Waals surface area contributed by atoms with Crippen LogP contribution in [-0.4, -0.2) is 54.5 Å². The highest BCUT2D eigenvalue weighted by atomic mass is 32.2. The zero-order valence-corrected chi connectivity index (χ0v) is 17.7. The molecule has 11 heteroatoms. The first-order valence-corrected chi connectivity index (χ1v) is 11.5. The lowest BCUT2D eigenvalue weighted by atomic mass is 10.0. The highest BCUT2D eigenvalue weighted by Crippen LogP contribution is 2.24. The Bertz CT molecular complexity index is 1070. The Balaban J connectivity index is 1.53. The molecule has 2 aliphatic rings. The number of nitrogens with one attached hydrogen (secondary N) is 3. The van der Waals surface area contributed by atoms with Crippen LogP contribution in [0.5, 0.6) is 0 Å². The number of carbonyl (C=O) groups excluding carboxylic acids is 1. The summed E-state index contributed by atoms with van der Waals surface area (Å²) in [5.41, 5.74) is 0.461. The van der Waals surface area contributed by atoms with Gasteiger partial charge in [-0.1, -0.05) is 26.0 Å². The largest absolute Gasteiger partial charge is 0.340 e. The average molecular weight is 432 g/mol. The van der Waals surface area contributed by atoms with Gasteiger partial charge in [0.2, 0.25) is 11.9 Å². The molecule has 3 heterocycles. The fraction of sp³-hybridized carbons (Fsp3) is 0.474. The van der Waals surface area contributed by atoms with Crippen molar-refractivity contribution in [1.29, 1.82) is 0 Å². The summed E-state index contributed by atoms with van der Waals surface area (Å²) in [6.45, 7) is 5.49. The first-order valence-electron chi connectivity index (χ1n) is 10.0. The minimum Gasteiger partial charge on any atom is -0.340 e. The van der Waals surface area contributed by atoms with E-state index in [2.05, 4.69) is 35.1 Å². The number of piperidine rings is 1. The van der Waals surface area contributed by atoms with Gasteiger partial charge in [0.1, 0.15) is 11.9 Å². The summed E-state index contributed by atoms with van der Waals surface area (Å²) < 4.78 is 27.1. The van der Waals surface area contributed by atoms with E-state index in [1.807, 2.05) is 13.8 Å². The molecule has 3 N–H and O–H groups in total. The number of aliphatic imine (C=N–C) groups is 1. The van der Waals surface area contributed by atoms with Crippen LogP contribution in [-0.2, 0) is 14.8 Å². The van der Waals surface area contributed by atoms with Crippen molar-refractivity contribution in [1.82, 2.24) is 19.9 Å². The lowest BCUT2D eigenvalue weighted by Crippen LogP contribution is -2.34. The summed E-state index contributed by atoms with van der Waals surface area (Å²) in [6, 6.07) is 5.76. The molecular formula is C19H25N7O3S. The van der Waals surface area contributed by atoms with E-state index < -0.39 is 16.1 Å². The van der Waals surface area contributed by atoms with Gasteiger partial charge in [-0.05, 0) is 37.3 Å². The molecule has 0 aliphatic carbocycles. The number of amides is 1. The van der Waals surface area contributed by atoms with Crippen LogP contribution in [0.2, 0.25) is 0 Å². The molecule has 1 aromatic carbocycles. The van der Waals surface area contributed by atoms with Gasteiger partial charge in [-0.15, -0.1) is 5.10 Å². The second-order valence-corrected chi connectivity index (χ2v) is 9.44. The Morgan fingerprint density at radius 1 is 1.20 bits per heavy atom. The van der Waals surface area contributed by atoms with Crippen LogP contribution in [0.4, 0.5) is 11.9 Å². The number of fused-ring (bicyclic) bond motifs is 1. The number of benzene rings is 1. The Morgan fingerprint density at radius 2 is 1.93 bits per heavy atom. The normalized spacial score (nSPS) is 20.1. The van der Waals surface area contributed by atoms with Gasteiger partial charge in [0, 0.05) is 18.7 Å². The Labute approximate surface area is 175 Å². The van der Waals surface area contributed by atoms with E-state index in [4.69, 9.17) is 0 Å². The van der Waals surface area contributed by atoms with E-state index in [0.29, 0.717) is 11.5 Å². The highest BCUT2D eigenvalue weighted by Gasteiger charge is 2.33. The van der Waals surface area contributed by atoms with Crippen molar-refractivity contribution in [3.05, 3.63) is 29.8 Å². The van der Waals surface area contributed by atoms with Crippen molar-refractivity contribution in [2.45, 2.75) is 44.0 Å². The molecule has 0 unspecified atom stereocenters. The maximum Gasteiger partial charge on any atom is 0.263 e. The highest BCUT2D eigenvalue weighted by molar-refractivity contribution is 7.90. The van der Waals surface area contributed by atoms with Gasteiger partial charge in [0.15, 0.2) is 0 Å². The van der Waals surface area contributed by atoms with E-state index in [-0.39, 0.29) is 28.5 Å². The second-order valence-electron chi connectivity index (χ2n) is 7.79. The molecule has 1 saturated heterocycles. The maximum atomic E-state index is 12.9. The number of H-pyrrole nitrogens is 1. The van der Waals surface area contributed by atoms with E-state index in [1.165, 1.54) is 12.5 Å². The van der Waals surface area contributed by atoms with Gasteiger partial charge in [-0.3, -0.25) is 19.8 Å². The third-order valence-electron chi connectivity index (χ3n) is 5.19. The predicted octanol–water partition coefficient (Wildman–Crippen LogP) is 1.50. The first kappa shape index (κ1) is 20.3. The molecule has 30 heavy (non-hydrogen) atoms. The smallest absolute Gasteiger partial charge is 0.263 e. The van der Waals surface area contributed by atoms with Crippen molar-refractivity contribution in [3.63, 3.8) is 0 Å². The number of amidine groups is 1. The summed E-state index contributed by atoms with van der Waals surface area (Å²) in [6.07, 6.45) is 3.40. The zero-order valence-electron chi connectivity index (χ0n) is 16.9. The number of carbonyl (C=O) groups is 1. The molecule has 1 atom stereocenters. The lowest BCUT2D eigenvalue weighted by molar-refractivity contribution is -0.118. The summed E-state index contributed by atoms with van der Waals surface area (Å²) >= 11 is 0. The predicted molar refractivity (Wildman–Crippen MR) is 113 cm³/mol. The van der Waals surface area contributed by atoms with Crippen LogP contribution >= 0.6 is 0 Å². The van der Waals surface area contributed by atoms with Gasteiger partial charge < -0.3 is 4.90 Å². The first-order chi connectivity index (χ1) is 14.3. The molecular weight excluding hydrogens is 406 g/mol. The van der Waals surface area contributed by atoms with Crippen molar-refractivity contribution >= 4 is 33.7 Å². The number of aromatic amines is 1. The molecule has 0 spiro atoms. The van der Waals surface area contributed by atoms with Gasteiger partial charge >= 0.3 is 0 Å². The van der Waals surface area contributed by atoms with Crippen LogP contribution in [0.15, 0.2) is 34.2 Å². The number of hydrogen-bond donors (Lipinski definition) is 3. The van der Waals surface area contributed by atoms with E-state index in [9.17, 15) is 13.2 Å². The van der Waals surface area contributed by atoms with Crippen LogP contribution in [0.25, 0.3) is 0 Å². The van der Waals surface area contributed by atoms with Crippen molar-refractivity contribution in [3.8, 4) is 0 Å². The minimum atomic E-state index is -3.67. The van der Waals surface area contributed by atoms with Crippen LogP contribution in [0.3, 0.4) is 0 Å². The molecule has 1 amide bonds. The van der Waals surface area contributed by atoms with Gasteiger partial charge in [0.25, 0.3) is 15.9 Å². The molecule has 4 rings (SSSR count). The van der Waals surface area contributed by atoms with E-state index >= 15 is 0 Å². The number of sulfonamides is 1. The Hall–Kier alpha value is -2.95. The summed E-state index contributed by atoms with van der Waals surface area (Å²) in [7, 11) is -3.67. The monoisotopic (exact) mass is 431 g/mol. The Kier molecular flexibility index (Phi) is 5.46. The number of nitrogens with zero attached hydrogens (tertiary/aromatic N) is 4. The molecule has 1 aromatic heterocycles. The molecule has 2 aliphatic heterocycles. The third kappa shape index (κ3) is 4.02. The summed E-state index contributed by atoms with van der Waals surface area (Å²) in [5, 5.41) is 9.67. The van der Waals surface area contributed by atoms with Crippen molar-refractivity contribution < 1.29 is 13.2 Å². The molecule has 0 radical (unpaired) electrons. The summed E-state index contributed by atoms with van der Waals surface area (Å²) in [4.78, 5) is 24.0. The van der Waals surface area contributed by atoms with E-state index in [1.54, 1.807) is 18.2 Å². The fourth-order valence-electron chi connectivity index (χ4n) is 3.61. The number of hydrogen-bond acceptors (Lipinski definition) is 7. The molecule has 1 fully saturated rings.